The van der Waals surface area contributed by atoms with Gasteiger partial charge < -0.3 is 15.0 Å². The van der Waals surface area contributed by atoms with Crippen molar-refractivity contribution in [3.8, 4) is 0 Å². The Morgan fingerprint density at radius 2 is 1.77 bits per heavy atom. The van der Waals surface area contributed by atoms with Crippen LogP contribution in [0, 0.1) is 0 Å². The van der Waals surface area contributed by atoms with E-state index in [4.69, 9.17) is 33.7 Å². The summed E-state index contributed by atoms with van der Waals surface area (Å²) >= 11 is 12.1. The van der Waals surface area contributed by atoms with Gasteiger partial charge in [-0.2, -0.15) is 0 Å². The molecule has 31 heavy (non-hydrogen) atoms. The Labute approximate surface area is 189 Å². The molecule has 1 aromatic carbocycles. The first-order chi connectivity index (χ1) is 14.6. The van der Waals surface area contributed by atoms with Crippen LogP contribution in [-0.2, 0) is 27.7 Å². The molecule has 0 spiro atoms. The second-order valence-corrected chi connectivity index (χ2v) is 9.77. The average molecular weight is 483 g/mol. The number of pyridine rings is 1. The van der Waals surface area contributed by atoms with Crippen LogP contribution in [0.25, 0.3) is 0 Å². The van der Waals surface area contributed by atoms with E-state index >= 15 is 0 Å². The molecule has 0 saturated carbocycles. The van der Waals surface area contributed by atoms with Crippen molar-refractivity contribution < 1.29 is 17.9 Å². The number of rotatable bonds is 7. The first-order valence-electron chi connectivity index (χ1n) is 9.21. The zero-order valence-corrected chi connectivity index (χ0v) is 19.1. The minimum Gasteiger partial charge on any atom is -0.442 e. The summed E-state index contributed by atoms with van der Waals surface area (Å²) in [7, 11) is -4.08. The van der Waals surface area contributed by atoms with Gasteiger partial charge in [-0.3, -0.25) is 4.98 Å². The lowest BCUT2D eigenvalue weighted by Crippen LogP contribution is -2.18. The Hall–Kier alpha value is -2.62. The molecule has 0 aliphatic rings. The Bertz CT molecular complexity index is 1190. The van der Waals surface area contributed by atoms with Crippen LogP contribution in [0.3, 0.4) is 0 Å². The standard InChI is InChI=1S/C20H20Cl2N4O4S/c1-12(2)18-19(31(28,29)16-8-14(21)7-15(22)9-16)26(10-13-3-5-24-6-4-13)17(25-18)11-30-20(23)27/h3-9,12H,10-11H2,1-2H3,(H2,23,27). The third-order valence-electron chi connectivity index (χ3n) is 4.41. The van der Waals surface area contributed by atoms with Gasteiger partial charge in [-0.1, -0.05) is 37.0 Å². The lowest BCUT2D eigenvalue weighted by molar-refractivity contribution is 0.145. The van der Waals surface area contributed by atoms with Crippen molar-refractivity contribution in [2.75, 3.05) is 0 Å². The minimum atomic E-state index is -4.08. The lowest BCUT2D eigenvalue weighted by atomic mass is 10.1. The number of nitrogens with zero attached hydrogens (tertiary/aromatic N) is 3. The Kier molecular flexibility index (Phi) is 6.88. The second-order valence-electron chi connectivity index (χ2n) is 7.03. The van der Waals surface area contributed by atoms with E-state index in [1.807, 2.05) is 13.8 Å². The van der Waals surface area contributed by atoms with Crippen molar-refractivity contribution in [1.82, 2.24) is 14.5 Å². The van der Waals surface area contributed by atoms with Crippen molar-refractivity contribution in [2.24, 2.45) is 5.73 Å². The van der Waals surface area contributed by atoms with Crippen LogP contribution in [0.15, 0.2) is 52.6 Å². The number of amides is 1. The third kappa shape index (κ3) is 5.17. The fraction of sp³-hybridized carbons (Fsp3) is 0.250. The molecule has 1 amide bonds. The quantitative estimate of drug-likeness (QED) is 0.539. The van der Waals surface area contributed by atoms with Gasteiger partial charge in [-0.05, 0) is 41.8 Å². The number of carbonyl (C=O) groups is 1. The van der Waals surface area contributed by atoms with Crippen LogP contribution in [-0.4, -0.2) is 29.0 Å². The summed E-state index contributed by atoms with van der Waals surface area (Å²) in [5.41, 5.74) is 6.21. The maximum Gasteiger partial charge on any atom is 0.404 e. The van der Waals surface area contributed by atoms with E-state index in [-0.39, 0.29) is 44.9 Å². The average Bonchev–Trinajstić information content (AvgIpc) is 3.05. The van der Waals surface area contributed by atoms with Gasteiger partial charge in [0.15, 0.2) is 11.6 Å². The van der Waals surface area contributed by atoms with E-state index in [9.17, 15) is 13.2 Å². The van der Waals surface area contributed by atoms with Crippen LogP contribution in [0.5, 0.6) is 0 Å². The van der Waals surface area contributed by atoms with Gasteiger partial charge >= 0.3 is 6.09 Å². The molecular weight excluding hydrogens is 463 g/mol. The van der Waals surface area contributed by atoms with Gasteiger partial charge in [-0.25, -0.2) is 18.2 Å². The summed E-state index contributed by atoms with van der Waals surface area (Å²) in [6, 6.07) is 7.61. The number of carbonyl (C=O) groups excluding carboxylic acids is 1. The second kappa shape index (κ2) is 9.25. The highest BCUT2D eigenvalue weighted by Crippen LogP contribution is 2.33. The molecule has 3 aromatic rings. The molecule has 0 unspecified atom stereocenters. The normalized spacial score (nSPS) is 11.6. The molecule has 0 radical (unpaired) electrons. The first kappa shape index (κ1) is 23.1. The maximum absolute atomic E-state index is 13.7. The van der Waals surface area contributed by atoms with E-state index in [0.29, 0.717) is 5.69 Å². The molecule has 0 fully saturated rings. The van der Waals surface area contributed by atoms with Crippen LogP contribution < -0.4 is 5.73 Å². The van der Waals surface area contributed by atoms with Crippen molar-refractivity contribution in [2.45, 2.75) is 42.8 Å². The molecule has 0 aliphatic carbocycles. The number of benzene rings is 1. The SMILES string of the molecule is CC(C)c1nc(COC(N)=O)n(Cc2ccncc2)c1S(=O)(=O)c1cc(Cl)cc(Cl)c1. The Morgan fingerprint density at radius 3 is 2.32 bits per heavy atom. The fourth-order valence-electron chi connectivity index (χ4n) is 3.04. The summed E-state index contributed by atoms with van der Waals surface area (Å²) in [6.07, 6.45) is 2.20. The number of sulfone groups is 1. The summed E-state index contributed by atoms with van der Waals surface area (Å²) in [4.78, 5) is 19.6. The van der Waals surface area contributed by atoms with E-state index in [2.05, 4.69) is 9.97 Å². The summed E-state index contributed by atoms with van der Waals surface area (Å²) < 4.78 is 33.8. The molecule has 2 heterocycles. The smallest absolute Gasteiger partial charge is 0.404 e. The van der Waals surface area contributed by atoms with Gasteiger partial charge in [0.1, 0.15) is 5.82 Å². The number of imidazole rings is 1. The molecule has 2 aromatic heterocycles. The molecule has 0 bridgehead atoms. The summed E-state index contributed by atoms with van der Waals surface area (Å²) in [5, 5.41) is 0.352. The zero-order valence-electron chi connectivity index (χ0n) is 16.7. The molecule has 0 atom stereocenters. The predicted molar refractivity (Wildman–Crippen MR) is 116 cm³/mol. The minimum absolute atomic E-state index is 0.0271. The number of ether oxygens (including phenoxy) is 1. The van der Waals surface area contributed by atoms with Crippen molar-refractivity contribution >= 4 is 39.1 Å². The molecule has 8 nitrogen and oxygen atoms in total. The molecule has 164 valence electrons. The van der Waals surface area contributed by atoms with Crippen molar-refractivity contribution in [1.29, 1.82) is 0 Å². The highest BCUT2D eigenvalue weighted by atomic mass is 35.5. The Morgan fingerprint density at radius 1 is 1.16 bits per heavy atom. The third-order valence-corrected chi connectivity index (χ3v) is 6.64. The van der Waals surface area contributed by atoms with Gasteiger partial charge in [-0.15, -0.1) is 0 Å². The maximum atomic E-state index is 13.7. The molecule has 11 heteroatoms. The first-order valence-corrected chi connectivity index (χ1v) is 11.4. The van der Waals surface area contributed by atoms with Crippen LogP contribution in [0.4, 0.5) is 4.79 Å². The lowest BCUT2D eigenvalue weighted by Gasteiger charge is -2.15. The largest absolute Gasteiger partial charge is 0.442 e. The van der Waals surface area contributed by atoms with Gasteiger partial charge in [0.05, 0.1) is 17.1 Å². The predicted octanol–water partition coefficient (Wildman–Crippen LogP) is 4.18. The Balaban J connectivity index is 2.26. The molecule has 2 N–H and O–H groups in total. The molecular formula is C20H20Cl2N4O4S. The van der Waals surface area contributed by atoms with Crippen molar-refractivity contribution in [3.05, 3.63) is 69.9 Å². The number of nitrogens with two attached hydrogens (primary N) is 1. The highest BCUT2D eigenvalue weighted by molar-refractivity contribution is 7.91. The molecule has 3 rings (SSSR count). The van der Waals surface area contributed by atoms with E-state index in [1.165, 1.54) is 22.8 Å². The molecule has 0 saturated heterocycles. The number of hydrogen-bond acceptors (Lipinski definition) is 6. The van der Waals surface area contributed by atoms with Crippen molar-refractivity contribution in [3.63, 3.8) is 0 Å². The number of hydrogen-bond donors (Lipinski definition) is 1. The van der Waals surface area contributed by atoms with Crippen LogP contribution in [0.2, 0.25) is 10.0 Å². The van der Waals surface area contributed by atoms with Crippen LogP contribution >= 0.6 is 23.2 Å². The van der Waals surface area contributed by atoms with Crippen LogP contribution in [0.1, 0.15) is 36.8 Å². The number of primary amides is 1. The monoisotopic (exact) mass is 482 g/mol. The topological polar surface area (TPSA) is 117 Å². The van der Waals surface area contributed by atoms with Gasteiger partial charge in [0.2, 0.25) is 9.84 Å². The number of halogens is 2. The van der Waals surface area contributed by atoms with E-state index in [0.717, 1.165) is 5.56 Å². The highest BCUT2D eigenvalue weighted by Gasteiger charge is 2.31. The number of aromatic nitrogens is 3. The summed E-state index contributed by atoms with van der Waals surface area (Å²) in [6.45, 7) is 3.51. The molecule has 0 aliphatic heterocycles. The van der Waals surface area contributed by atoms with E-state index < -0.39 is 15.9 Å². The zero-order chi connectivity index (χ0) is 22.8. The van der Waals surface area contributed by atoms with E-state index in [1.54, 1.807) is 24.5 Å². The summed E-state index contributed by atoms with van der Waals surface area (Å²) in [5.74, 6) is -0.00328. The van der Waals surface area contributed by atoms with Gasteiger partial charge in [0.25, 0.3) is 0 Å². The van der Waals surface area contributed by atoms with Gasteiger partial charge in [0, 0.05) is 22.4 Å². The fourth-order valence-corrected chi connectivity index (χ4v) is 5.50.